The number of non-ortho nitro benzene ring substituents is 1. The van der Waals surface area contributed by atoms with E-state index in [0.29, 0.717) is 0 Å². The first-order chi connectivity index (χ1) is 20.4. The predicted octanol–water partition coefficient (Wildman–Crippen LogP) is 2.25. The molecule has 16 nitrogen and oxygen atoms in total. The Labute approximate surface area is 248 Å². The highest BCUT2D eigenvalue weighted by Gasteiger charge is 2.17. The minimum Gasteiger partial charge on any atom is -0.462 e. The molecule has 16 heteroatoms. The molecule has 0 aromatic heterocycles. The van der Waals surface area contributed by atoms with E-state index in [9.17, 15) is 34.1 Å². The summed E-state index contributed by atoms with van der Waals surface area (Å²) >= 11 is 0. The lowest BCUT2D eigenvalue weighted by Crippen LogP contribution is -2.28. The van der Waals surface area contributed by atoms with Gasteiger partial charge in [-0.05, 0) is 32.9 Å². The second-order valence-electron chi connectivity index (χ2n) is 9.55. The van der Waals surface area contributed by atoms with Gasteiger partial charge in [0.1, 0.15) is 31.2 Å². The third-order valence-corrected chi connectivity index (χ3v) is 4.76. The topological polar surface area (TPSA) is 205 Å². The summed E-state index contributed by atoms with van der Waals surface area (Å²) < 4.78 is 35.1. The van der Waals surface area contributed by atoms with E-state index < -0.39 is 34.6 Å². The molecule has 0 aliphatic heterocycles. The normalized spacial score (nSPS) is 10.8. The highest BCUT2D eigenvalue weighted by atomic mass is 16.7. The maximum absolute atomic E-state index is 11.8. The molecule has 0 fully saturated rings. The maximum Gasteiger partial charge on any atom is 0.513 e. The number of benzene rings is 1. The lowest BCUT2D eigenvalue weighted by molar-refractivity contribution is -0.384. The van der Waals surface area contributed by atoms with Crippen LogP contribution in [0.15, 0.2) is 24.3 Å². The fourth-order valence-electron chi connectivity index (χ4n) is 2.89. The molecule has 1 amide bonds. The van der Waals surface area contributed by atoms with Gasteiger partial charge in [-0.3, -0.25) is 29.3 Å². The second-order valence-corrected chi connectivity index (χ2v) is 9.55. The fourth-order valence-corrected chi connectivity index (χ4v) is 2.89. The van der Waals surface area contributed by atoms with E-state index in [-0.39, 0.29) is 95.8 Å². The van der Waals surface area contributed by atoms with Crippen molar-refractivity contribution in [2.75, 3.05) is 52.8 Å². The zero-order valence-corrected chi connectivity index (χ0v) is 24.5. The first-order valence-electron chi connectivity index (χ1n) is 13.4. The van der Waals surface area contributed by atoms with Crippen LogP contribution in [0, 0.1) is 10.1 Å². The molecular weight excluding hydrogens is 576 g/mol. The Balaban J connectivity index is 1.94. The van der Waals surface area contributed by atoms with Crippen LogP contribution in [0.4, 0.5) is 10.5 Å². The van der Waals surface area contributed by atoms with E-state index in [4.69, 9.17) is 33.2 Å². The Morgan fingerprint density at radius 2 is 1.23 bits per heavy atom. The highest BCUT2D eigenvalue weighted by molar-refractivity contribution is 5.81. The Bertz CT molecular complexity index is 1050. The maximum atomic E-state index is 11.8. The van der Waals surface area contributed by atoms with Crippen LogP contribution in [0.2, 0.25) is 0 Å². The van der Waals surface area contributed by atoms with Crippen LogP contribution in [-0.4, -0.2) is 93.3 Å². The summed E-state index contributed by atoms with van der Waals surface area (Å²) in [5.41, 5.74) is -0.776. The van der Waals surface area contributed by atoms with Crippen LogP contribution >= 0.6 is 0 Å². The molecule has 1 N–H and O–H groups in total. The number of rotatable bonds is 20. The molecule has 43 heavy (non-hydrogen) atoms. The summed E-state index contributed by atoms with van der Waals surface area (Å²) in [5.74, 6) is -2.04. The molecular formula is C27H38N2O14. The van der Waals surface area contributed by atoms with Gasteiger partial charge in [0.25, 0.3) is 5.69 Å². The molecule has 1 aromatic carbocycles. The number of hydrogen-bond donors (Lipinski definition) is 1. The van der Waals surface area contributed by atoms with Gasteiger partial charge in [-0.2, -0.15) is 0 Å². The van der Waals surface area contributed by atoms with Crippen molar-refractivity contribution < 1.29 is 62.1 Å². The van der Waals surface area contributed by atoms with Crippen molar-refractivity contribution >= 4 is 35.7 Å². The molecule has 0 unspecified atom stereocenters. The molecule has 240 valence electrons. The van der Waals surface area contributed by atoms with Crippen LogP contribution in [0.5, 0.6) is 5.75 Å². The second kappa shape index (κ2) is 20.5. The summed E-state index contributed by atoms with van der Waals surface area (Å²) in [6, 6.07) is 4.93. The van der Waals surface area contributed by atoms with E-state index in [1.807, 2.05) is 0 Å². The third-order valence-electron chi connectivity index (χ3n) is 4.76. The minimum absolute atomic E-state index is 0.0781. The first kappa shape index (κ1) is 36.7. The number of amides is 1. The molecule has 0 saturated carbocycles. The van der Waals surface area contributed by atoms with Crippen LogP contribution in [-0.2, 0) is 47.6 Å². The molecule has 1 rings (SSSR count). The average Bonchev–Trinajstić information content (AvgIpc) is 2.93. The van der Waals surface area contributed by atoms with Gasteiger partial charge in [0.2, 0.25) is 5.91 Å². The molecule has 0 atom stereocenters. The predicted molar refractivity (Wildman–Crippen MR) is 146 cm³/mol. The summed E-state index contributed by atoms with van der Waals surface area (Å²) in [6.07, 6.45) is -1.50. The van der Waals surface area contributed by atoms with Gasteiger partial charge in [-0.15, -0.1) is 0 Å². The zero-order chi connectivity index (χ0) is 32.1. The number of ether oxygens (including phenoxy) is 7. The van der Waals surface area contributed by atoms with Crippen molar-refractivity contribution in [3.8, 4) is 5.75 Å². The standard InChI is InChI=1S/C27H38N2O14/c1-27(2,3)43-25(33)11-10-24(32)40-19-18-39-23(31)9-8-22(30)28-12-13-37-14-15-38-16-17-41-26(34)42-21-6-4-20(5-7-21)29(35)36/h4-7H,8-19H2,1-3H3,(H,28,30). The van der Waals surface area contributed by atoms with Crippen molar-refractivity contribution in [2.45, 2.75) is 52.1 Å². The van der Waals surface area contributed by atoms with Crippen LogP contribution in [0.3, 0.4) is 0 Å². The van der Waals surface area contributed by atoms with Gasteiger partial charge in [-0.25, -0.2) is 4.79 Å². The summed E-state index contributed by atoms with van der Waals surface area (Å²) in [5, 5.41) is 13.2. The fraction of sp³-hybridized carbons (Fsp3) is 0.593. The molecule has 0 saturated heterocycles. The van der Waals surface area contributed by atoms with Crippen molar-refractivity contribution in [2.24, 2.45) is 0 Å². The van der Waals surface area contributed by atoms with Gasteiger partial charge in [0.05, 0.1) is 50.6 Å². The Morgan fingerprint density at radius 1 is 0.721 bits per heavy atom. The number of carbonyl (C=O) groups excluding carboxylic acids is 5. The van der Waals surface area contributed by atoms with Crippen molar-refractivity contribution in [1.29, 1.82) is 0 Å². The SMILES string of the molecule is CC(C)(C)OC(=O)CCC(=O)OCCOC(=O)CCC(=O)NCCOCCOCCOC(=O)Oc1ccc([N+](=O)[O-])cc1. The largest absolute Gasteiger partial charge is 0.513 e. The van der Waals surface area contributed by atoms with Gasteiger partial charge >= 0.3 is 24.1 Å². The van der Waals surface area contributed by atoms with E-state index >= 15 is 0 Å². The van der Waals surface area contributed by atoms with Gasteiger partial charge in [0.15, 0.2) is 0 Å². The van der Waals surface area contributed by atoms with Crippen LogP contribution < -0.4 is 10.1 Å². The molecule has 0 aliphatic carbocycles. The van der Waals surface area contributed by atoms with Gasteiger partial charge < -0.3 is 38.5 Å². The van der Waals surface area contributed by atoms with E-state index in [1.54, 1.807) is 20.8 Å². The molecule has 0 spiro atoms. The van der Waals surface area contributed by atoms with E-state index in [1.165, 1.54) is 24.3 Å². The number of nitro groups is 1. The van der Waals surface area contributed by atoms with Gasteiger partial charge in [0, 0.05) is 25.1 Å². The van der Waals surface area contributed by atoms with Crippen molar-refractivity contribution in [3.63, 3.8) is 0 Å². The number of esters is 3. The monoisotopic (exact) mass is 614 g/mol. The number of carbonyl (C=O) groups is 5. The molecule has 0 bridgehead atoms. The Morgan fingerprint density at radius 3 is 1.81 bits per heavy atom. The van der Waals surface area contributed by atoms with Crippen molar-refractivity contribution in [3.05, 3.63) is 34.4 Å². The van der Waals surface area contributed by atoms with Crippen molar-refractivity contribution in [1.82, 2.24) is 5.32 Å². The van der Waals surface area contributed by atoms with E-state index in [2.05, 4.69) is 5.32 Å². The molecule has 1 aromatic rings. The van der Waals surface area contributed by atoms with Crippen LogP contribution in [0.1, 0.15) is 46.5 Å². The Kier molecular flexibility index (Phi) is 17.5. The minimum atomic E-state index is -0.980. The number of hydrogen-bond acceptors (Lipinski definition) is 14. The Hall–Kier alpha value is -4.31. The highest BCUT2D eigenvalue weighted by Crippen LogP contribution is 2.17. The van der Waals surface area contributed by atoms with Gasteiger partial charge in [-0.1, -0.05) is 0 Å². The smallest absolute Gasteiger partial charge is 0.462 e. The molecule has 0 heterocycles. The summed E-state index contributed by atoms with van der Waals surface area (Å²) in [7, 11) is 0. The number of nitrogens with one attached hydrogen (secondary N) is 1. The third kappa shape index (κ3) is 20.3. The number of nitrogens with zero attached hydrogens (tertiary/aromatic N) is 1. The molecule has 0 aliphatic rings. The lowest BCUT2D eigenvalue weighted by atomic mass is 10.2. The van der Waals surface area contributed by atoms with Crippen LogP contribution in [0.25, 0.3) is 0 Å². The summed E-state index contributed by atoms with van der Waals surface area (Å²) in [6.45, 7) is 5.67. The first-order valence-corrected chi connectivity index (χ1v) is 13.4. The average molecular weight is 615 g/mol. The molecule has 0 radical (unpaired) electrons. The quantitative estimate of drug-likeness (QED) is 0.0559. The lowest BCUT2D eigenvalue weighted by Gasteiger charge is -2.19. The van der Waals surface area contributed by atoms with E-state index in [0.717, 1.165) is 0 Å². The zero-order valence-electron chi connectivity index (χ0n) is 24.5. The summed E-state index contributed by atoms with van der Waals surface area (Å²) in [4.78, 5) is 68.3. The number of nitro benzene ring substituents is 1.